The maximum atomic E-state index is 2.52. The number of rotatable bonds is 6. The maximum Gasteiger partial charge on any atom is 0.0536 e. The molecule has 4 aliphatic carbocycles. The molecule has 3 unspecified atom stereocenters. The molecule has 2 aromatic carbocycles. The van der Waals surface area contributed by atoms with Gasteiger partial charge in [-0.05, 0) is 79.9 Å². The van der Waals surface area contributed by atoms with Gasteiger partial charge in [0.2, 0.25) is 0 Å². The zero-order valence-corrected chi connectivity index (χ0v) is 21.0. The van der Waals surface area contributed by atoms with E-state index >= 15 is 0 Å². The summed E-state index contributed by atoms with van der Waals surface area (Å²) in [5.41, 5.74) is 5.58. The van der Waals surface area contributed by atoms with Crippen LogP contribution < -0.4 is 4.90 Å². The number of anilines is 1. The molecule has 0 N–H and O–H groups in total. The normalized spacial score (nSPS) is 23.8. The van der Waals surface area contributed by atoms with E-state index in [4.69, 9.17) is 0 Å². The van der Waals surface area contributed by atoms with Crippen LogP contribution in [-0.2, 0) is 0 Å². The van der Waals surface area contributed by atoms with E-state index in [1.807, 2.05) is 0 Å². The molecule has 0 amide bonds. The lowest BCUT2D eigenvalue weighted by atomic mass is 9.70. The average Bonchev–Trinajstić information content (AvgIpc) is 2.96. The molecule has 0 aromatic heterocycles. The Bertz CT molecular complexity index is 1350. The third-order valence-corrected chi connectivity index (χ3v) is 8.07. The van der Waals surface area contributed by atoms with Crippen LogP contribution in [0.5, 0.6) is 0 Å². The highest BCUT2D eigenvalue weighted by atomic mass is 15.2. The van der Waals surface area contributed by atoms with Crippen molar-refractivity contribution < 1.29 is 0 Å². The topological polar surface area (TPSA) is 3.24 Å². The Hall–Kier alpha value is -3.58. The number of hydrogen-bond acceptors (Lipinski definition) is 1. The van der Waals surface area contributed by atoms with Gasteiger partial charge in [0.25, 0.3) is 0 Å². The standard InChI is InChI=1S/C35H35N/c1-4-14-28(15-5-1)35(29-16-6-2-7-17-29)30-23-25-32(26-24-30)36(31-19-8-3-9-20-31)34-22-12-18-27-13-10-11-21-33(27)34/h1-6,8,10-14,16,18-19,21-23,25-26,28,30,35H,7,9,15,17,20,24H2. The van der Waals surface area contributed by atoms with Crippen molar-refractivity contribution in [2.45, 2.75) is 38.5 Å². The van der Waals surface area contributed by atoms with Crippen LogP contribution >= 0.6 is 0 Å². The van der Waals surface area contributed by atoms with Crippen molar-refractivity contribution in [1.29, 1.82) is 0 Å². The first-order chi connectivity index (χ1) is 17.9. The van der Waals surface area contributed by atoms with E-state index in [2.05, 4.69) is 126 Å². The van der Waals surface area contributed by atoms with Gasteiger partial charge in [0.05, 0.1) is 5.69 Å². The molecular formula is C35H35N. The van der Waals surface area contributed by atoms with Gasteiger partial charge < -0.3 is 4.90 Å². The minimum Gasteiger partial charge on any atom is -0.314 e. The summed E-state index contributed by atoms with van der Waals surface area (Å²) in [5, 5.41) is 2.60. The largest absolute Gasteiger partial charge is 0.314 e. The molecule has 1 heteroatoms. The number of benzene rings is 2. The van der Waals surface area contributed by atoms with E-state index in [1.54, 1.807) is 5.57 Å². The molecular weight excluding hydrogens is 434 g/mol. The monoisotopic (exact) mass is 469 g/mol. The second kappa shape index (κ2) is 10.6. The first-order valence-corrected chi connectivity index (χ1v) is 13.6. The molecule has 180 valence electrons. The Labute approximate surface area is 215 Å². The van der Waals surface area contributed by atoms with Gasteiger partial charge in [-0.25, -0.2) is 0 Å². The van der Waals surface area contributed by atoms with Crippen molar-refractivity contribution >= 4 is 16.5 Å². The summed E-state index contributed by atoms with van der Waals surface area (Å²) in [6.45, 7) is 0. The zero-order valence-electron chi connectivity index (χ0n) is 21.0. The van der Waals surface area contributed by atoms with Crippen LogP contribution in [0, 0.1) is 17.8 Å². The highest BCUT2D eigenvalue weighted by Crippen LogP contribution is 2.42. The molecule has 4 aliphatic rings. The Kier molecular flexibility index (Phi) is 6.72. The first-order valence-electron chi connectivity index (χ1n) is 13.6. The van der Waals surface area contributed by atoms with Crippen LogP contribution in [0.1, 0.15) is 38.5 Å². The lowest BCUT2D eigenvalue weighted by Gasteiger charge is -2.37. The van der Waals surface area contributed by atoms with Gasteiger partial charge >= 0.3 is 0 Å². The third-order valence-electron chi connectivity index (χ3n) is 8.07. The van der Waals surface area contributed by atoms with Crippen LogP contribution in [0.2, 0.25) is 0 Å². The van der Waals surface area contributed by atoms with Crippen LogP contribution in [0.15, 0.2) is 138 Å². The van der Waals surface area contributed by atoms with Crippen molar-refractivity contribution in [3.63, 3.8) is 0 Å². The first kappa shape index (κ1) is 22.9. The van der Waals surface area contributed by atoms with E-state index in [-0.39, 0.29) is 0 Å². The van der Waals surface area contributed by atoms with Gasteiger partial charge in [0.1, 0.15) is 0 Å². The van der Waals surface area contributed by atoms with Crippen LogP contribution in [0.25, 0.3) is 10.8 Å². The third kappa shape index (κ3) is 4.63. The van der Waals surface area contributed by atoms with Crippen molar-refractivity contribution in [3.8, 4) is 0 Å². The molecule has 0 bridgehead atoms. The minimum absolute atomic E-state index is 0.530. The molecule has 0 aliphatic heterocycles. The van der Waals surface area contributed by atoms with Crippen LogP contribution in [0.3, 0.4) is 0 Å². The Morgan fingerprint density at radius 1 is 0.722 bits per heavy atom. The second-order valence-electron chi connectivity index (χ2n) is 10.3. The smallest absolute Gasteiger partial charge is 0.0536 e. The molecule has 2 aromatic rings. The molecule has 0 fully saturated rings. The number of allylic oxidation sites excluding steroid dienone is 15. The summed E-state index contributed by atoms with van der Waals surface area (Å²) in [6, 6.07) is 15.5. The summed E-state index contributed by atoms with van der Waals surface area (Å²) in [4.78, 5) is 2.51. The van der Waals surface area contributed by atoms with Gasteiger partial charge in [-0.15, -0.1) is 0 Å². The fourth-order valence-electron chi connectivity index (χ4n) is 6.33. The summed E-state index contributed by atoms with van der Waals surface area (Å²) in [6.07, 6.45) is 37.2. The van der Waals surface area contributed by atoms with E-state index in [0.717, 1.165) is 25.7 Å². The summed E-state index contributed by atoms with van der Waals surface area (Å²) in [7, 11) is 0. The second-order valence-corrected chi connectivity index (χ2v) is 10.3. The van der Waals surface area contributed by atoms with E-state index < -0.39 is 0 Å². The van der Waals surface area contributed by atoms with Crippen LogP contribution in [-0.4, -0.2) is 0 Å². The molecule has 0 heterocycles. The SMILES string of the molecule is C1=CCCC(C(C2C=CC=CC2)C2C=CC(N(C3=CC=CCC3)c3cccc4ccccc34)=CC2)=C1. The van der Waals surface area contributed by atoms with Crippen molar-refractivity contribution in [3.05, 3.63) is 138 Å². The lowest BCUT2D eigenvalue weighted by molar-refractivity contribution is 0.344. The number of nitrogens with zero attached hydrogens (tertiary/aromatic N) is 1. The predicted octanol–water partition coefficient (Wildman–Crippen LogP) is 9.36. The van der Waals surface area contributed by atoms with Crippen molar-refractivity contribution in [1.82, 2.24) is 0 Å². The van der Waals surface area contributed by atoms with Gasteiger partial charge in [-0.2, -0.15) is 0 Å². The van der Waals surface area contributed by atoms with E-state index in [0.29, 0.717) is 17.8 Å². The van der Waals surface area contributed by atoms with Crippen LogP contribution in [0.4, 0.5) is 5.69 Å². The summed E-state index contributed by atoms with van der Waals surface area (Å²) in [5.74, 6) is 1.67. The zero-order chi connectivity index (χ0) is 24.2. The van der Waals surface area contributed by atoms with Crippen molar-refractivity contribution in [2.24, 2.45) is 17.8 Å². The van der Waals surface area contributed by atoms with Gasteiger partial charge in [0, 0.05) is 16.8 Å². The quantitative estimate of drug-likeness (QED) is 0.407. The Morgan fingerprint density at radius 3 is 2.31 bits per heavy atom. The molecule has 36 heavy (non-hydrogen) atoms. The molecule has 0 saturated carbocycles. The number of fused-ring (bicyclic) bond motifs is 1. The summed E-state index contributed by atoms with van der Waals surface area (Å²) < 4.78 is 0. The van der Waals surface area contributed by atoms with Gasteiger partial charge in [0.15, 0.2) is 0 Å². The number of hydrogen-bond donors (Lipinski definition) is 0. The van der Waals surface area contributed by atoms with Gasteiger partial charge in [-0.1, -0.05) is 109 Å². The lowest BCUT2D eigenvalue weighted by Crippen LogP contribution is -2.28. The Morgan fingerprint density at radius 2 is 1.56 bits per heavy atom. The average molecular weight is 470 g/mol. The fraction of sp³-hybridized carbons (Fsp3) is 0.257. The molecule has 1 nitrogen and oxygen atoms in total. The molecule has 0 spiro atoms. The highest BCUT2D eigenvalue weighted by Gasteiger charge is 2.31. The highest BCUT2D eigenvalue weighted by molar-refractivity contribution is 5.96. The summed E-state index contributed by atoms with van der Waals surface area (Å²) >= 11 is 0. The molecule has 6 rings (SSSR count). The molecule has 0 radical (unpaired) electrons. The van der Waals surface area contributed by atoms with E-state index in [9.17, 15) is 0 Å². The fourth-order valence-corrected chi connectivity index (χ4v) is 6.33. The maximum absolute atomic E-state index is 2.52. The molecule has 3 atom stereocenters. The van der Waals surface area contributed by atoms with Crippen molar-refractivity contribution in [2.75, 3.05) is 4.90 Å². The predicted molar refractivity (Wildman–Crippen MR) is 155 cm³/mol. The Balaban J connectivity index is 1.35. The van der Waals surface area contributed by atoms with E-state index in [1.165, 1.54) is 40.7 Å². The minimum atomic E-state index is 0.530. The van der Waals surface area contributed by atoms with Gasteiger partial charge in [-0.3, -0.25) is 0 Å². The molecule has 0 saturated heterocycles.